The molecule has 0 bridgehead atoms. The molecular formula is C8H4BrF2N3O2. The van der Waals surface area contributed by atoms with Crippen molar-refractivity contribution in [3.05, 3.63) is 32.0 Å². The monoisotopic (exact) mass is 291 g/mol. The third-order valence-corrected chi connectivity index (χ3v) is 2.35. The normalized spacial score (nSPS) is 10.2. The van der Waals surface area contributed by atoms with Crippen LogP contribution in [-0.2, 0) is 6.42 Å². The fourth-order valence-electron chi connectivity index (χ4n) is 1.16. The van der Waals surface area contributed by atoms with E-state index >= 15 is 0 Å². The van der Waals surface area contributed by atoms with Gasteiger partial charge in [0.2, 0.25) is 0 Å². The van der Waals surface area contributed by atoms with E-state index in [0.717, 1.165) is 6.20 Å². The second-order valence-corrected chi connectivity index (χ2v) is 3.56. The molecule has 8 heteroatoms. The quantitative estimate of drug-likeness (QED) is 0.633. The van der Waals surface area contributed by atoms with Crippen LogP contribution in [0, 0.1) is 21.4 Å². The molecule has 0 atom stereocenters. The summed E-state index contributed by atoms with van der Waals surface area (Å²) in [5.41, 5.74) is -1.82. The van der Waals surface area contributed by atoms with E-state index in [1.165, 1.54) is 0 Å². The van der Waals surface area contributed by atoms with E-state index in [1.807, 2.05) is 0 Å². The number of halogens is 3. The number of alkyl halides is 2. The molecule has 0 unspecified atom stereocenters. The highest BCUT2D eigenvalue weighted by Crippen LogP contribution is 2.36. The van der Waals surface area contributed by atoms with E-state index in [9.17, 15) is 18.9 Å². The number of nitriles is 1. The zero-order valence-electron chi connectivity index (χ0n) is 7.65. The minimum Gasteiger partial charge on any atom is -0.258 e. The summed E-state index contributed by atoms with van der Waals surface area (Å²) in [7, 11) is 0. The Morgan fingerprint density at radius 2 is 2.31 bits per heavy atom. The van der Waals surface area contributed by atoms with Crippen LogP contribution in [0.15, 0.2) is 10.7 Å². The maximum Gasteiger partial charge on any atom is 0.295 e. The van der Waals surface area contributed by atoms with Gasteiger partial charge in [0.1, 0.15) is 10.0 Å². The number of rotatable bonds is 3. The lowest BCUT2D eigenvalue weighted by atomic mass is 10.1. The summed E-state index contributed by atoms with van der Waals surface area (Å²) in [6.45, 7) is 0. The van der Waals surface area contributed by atoms with Crippen LogP contribution in [0.2, 0.25) is 0 Å². The minimum atomic E-state index is -3.05. The molecule has 0 spiro atoms. The number of pyridine rings is 1. The number of nitro groups is 1. The Morgan fingerprint density at radius 1 is 1.69 bits per heavy atom. The van der Waals surface area contributed by atoms with E-state index in [4.69, 9.17) is 5.26 Å². The Hall–Kier alpha value is -1.62. The van der Waals surface area contributed by atoms with Gasteiger partial charge >= 0.3 is 0 Å². The van der Waals surface area contributed by atoms with Gasteiger partial charge in [0.05, 0.1) is 23.1 Å². The molecule has 0 fully saturated rings. The molecule has 0 aliphatic heterocycles. The molecule has 1 aromatic rings. The van der Waals surface area contributed by atoms with Gasteiger partial charge in [0, 0.05) is 6.20 Å². The minimum absolute atomic E-state index is 0.130. The van der Waals surface area contributed by atoms with Crippen molar-refractivity contribution in [3.63, 3.8) is 0 Å². The molecule has 0 amide bonds. The van der Waals surface area contributed by atoms with Gasteiger partial charge in [0.25, 0.3) is 12.1 Å². The second-order valence-electron chi connectivity index (χ2n) is 2.71. The molecule has 0 saturated heterocycles. The molecule has 0 saturated carbocycles. The first-order valence-electron chi connectivity index (χ1n) is 3.95. The molecule has 0 aromatic carbocycles. The molecule has 1 aromatic heterocycles. The zero-order chi connectivity index (χ0) is 12.3. The van der Waals surface area contributed by atoms with Crippen LogP contribution in [0.5, 0.6) is 0 Å². The van der Waals surface area contributed by atoms with Crippen LogP contribution in [0.4, 0.5) is 14.5 Å². The van der Waals surface area contributed by atoms with E-state index in [1.54, 1.807) is 6.07 Å². The first kappa shape index (κ1) is 12.4. The first-order chi connectivity index (χ1) is 7.49. The fourth-order valence-corrected chi connectivity index (χ4v) is 1.62. The van der Waals surface area contributed by atoms with Crippen molar-refractivity contribution in [2.45, 2.75) is 12.8 Å². The molecular weight excluding hydrogens is 288 g/mol. The summed E-state index contributed by atoms with van der Waals surface area (Å²) in [5, 5.41) is 19.0. The number of aromatic nitrogens is 1. The van der Waals surface area contributed by atoms with Gasteiger partial charge in [-0.15, -0.1) is 0 Å². The highest BCUT2D eigenvalue weighted by Gasteiger charge is 2.29. The van der Waals surface area contributed by atoms with Gasteiger partial charge in [-0.05, 0) is 15.9 Å². The topological polar surface area (TPSA) is 79.8 Å². The molecule has 5 nitrogen and oxygen atoms in total. The standard InChI is InChI=1S/C8H4BrF2N3O2/c9-4-3-13-5(1-2-12)6(8(10)11)7(4)14(15)16/h3,8H,1H2. The summed E-state index contributed by atoms with van der Waals surface area (Å²) >= 11 is 2.78. The average Bonchev–Trinajstić information content (AvgIpc) is 2.19. The predicted molar refractivity (Wildman–Crippen MR) is 52.9 cm³/mol. The largest absolute Gasteiger partial charge is 0.295 e. The van der Waals surface area contributed by atoms with E-state index in [-0.39, 0.29) is 10.2 Å². The Bertz CT molecular complexity index is 473. The van der Waals surface area contributed by atoms with Crippen LogP contribution in [0.3, 0.4) is 0 Å². The van der Waals surface area contributed by atoms with Crippen LogP contribution >= 0.6 is 15.9 Å². The molecule has 0 aliphatic rings. The lowest BCUT2D eigenvalue weighted by molar-refractivity contribution is -0.387. The van der Waals surface area contributed by atoms with Crippen molar-refractivity contribution in [2.75, 3.05) is 0 Å². The predicted octanol–water partition coefficient (Wildman–Crippen LogP) is 2.76. The van der Waals surface area contributed by atoms with Gasteiger partial charge in [-0.3, -0.25) is 15.1 Å². The lowest BCUT2D eigenvalue weighted by Crippen LogP contribution is -2.04. The van der Waals surface area contributed by atoms with Gasteiger partial charge < -0.3 is 0 Å². The fraction of sp³-hybridized carbons (Fsp3) is 0.250. The summed E-state index contributed by atoms with van der Waals surface area (Å²) in [4.78, 5) is 13.3. The van der Waals surface area contributed by atoms with Crippen LogP contribution in [-0.4, -0.2) is 9.91 Å². The van der Waals surface area contributed by atoms with Crippen LogP contribution < -0.4 is 0 Å². The number of hydrogen-bond acceptors (Lipinski definition) is 4. The Morgan fingerprint density at radius 3 is 2.75 bits per heavy atom. The maximum atomic E-state index is 12.7. The van der Waals surface area contributed by atoms with Crippen molar-refractivity contribution >= 4 is 21.6 Å². The third-order valence-electron chi connectivity index (χ3n) is 1.77. The average molecular weight is 292 g/mol. The Kier molecular flexibility index (Phi) is 3.84. The maximum absolute atomic E-state index is 12.7. The van der Waals surface area contributed by atoms with Crippen molar-refractivity contribution in [2.24, 2.45) is 0 Å². The van der Waals surface area contributed by atoms with E-state index < -0.39 is 29.0 Å². The number of hydrogen-bond donors (Lipinski definition) is 0. The summed E-state index contributed by atoms with van der Waals surface area (Å²) in [6, 6.07) is 1.63. The van der Waals surface area contributed by atoms with Crippen molar-refractivity contribution in [1.29, 1.82) is 5.26 Å². The van der Waals surface area contributed by atoms with Crippen molar-refractivity contribution in [1.82, 2.24) is 4.98 Å². The highest BCUT2D eigenvalue weighted by molar-refractivity contribution is 9.10. The third kappa shape index (κ3) is 2.30. The molecule has 1 rings (SSSR count). The molecule has 1 heterocycles. The van der Waals surface area contributed by atoms with Crippen molar-refractivity contribution < 1.29 is 13.7 Å². The molecule has 0 N–H and O–H groups in total. The zero-order valence-corrected chi connectivity index (χ0v) is 9.24. The molecule has 84 valence electrons. The highest BCUT2D eigenvalue weighted by atomic mass is 79.9. The Labute approximate surface area is 97.0 Å². The smallest absolute Gasteiger partial charge is 0.258 e. The van der Waals surface area contributed by atoms with Gasteiger partial charge in [-0.2, -0.15) is 5.26 Å². The van der Waals surface area contributed by atoms with Crippen LogP contribution in [0.25, 0.3) is 0 Å². The summed E-state index contributed by atoms with van der Waals surface area (Å²) in [6.07, 6.45) is -2.40. The SMILES string of the molecule is N#CCc1ncc(Br)c([N+](=O)[O-])c1C(F)F. The Balaban J connectivity index is 3.51. The lowest BCUT2D eigenvalue weighted by Gasteiger charge is -2.06. The van der Waals surface area contributed by atoms with Gasteiger partial charge in [-0.25, -0.2) is 8.78 Å². The molecule has 0 radical (unpaired) electrons. The van der Waals surface area contributed by atoms with Gasteiger partial charge in [0.15, 0.2) is 0 Å². The first-order valence-corrected chi connectivity index (χ1v) is 4.75. The second kappa shape index (κ2) is 4.94. The summed E-state index contributed by atoms with van der Waals surface area (Å²) in [5.74, 6) is 0. The van der Waals surface area contributed by atoms with Crippen LogP contribution in [0.1, 0.15) is 17.7 Å². The summed E-state index contributed by atoms with van der Waals surface area (Å²) < 4.78 is 25.2. The van der Waals surface area contributed by atoms with Crippen molar-refractivity contribution in [3.8, 4) is 6.07 Å². The van der Waals surface area contributed by atoms with E-state index in [0.29, 0.717) is 0 Å². The molecule has 16 heavy (non-hydrogen) atoms. The van der Waals surface area contributed by atoms with Gasteiger partial charge in [-0.1, -0.05) is 0 Å². The number of nitrogens with zero attached hydrogens (tertiary/aromatic N) is 3. The molecule has 0 aliphatic carbocycles. The van der Waals surface area contributed by atoms with E-state index in [2.05, 4.69) is 20.9 Å².